The van der Waals surface area contributed by atoms with E-state index in [2.05, 4.69) is 0 Å². The summed E-state index contributed by atoms with van der Waals surface area (Å²) in [5, 5.41) is 0. The Morgan fingerprint density at radius 1 is 1.42 bits per heavy atom. The Balaban J connectivity index is 2.35. The molecule has 1 heterocycles. The van der Waals surface area contributed by atoms with Crippen molar-refractivity contribution in [2.24, 2.45) is 5.73 Å². The van der Waals surface area contributed by atoms with Crippen molar-refractivity contribution in [3.05, 3.63) is 29.3 Å². The number of anilines is 1. The molecule has 1 aliphatic heterocycles. The van der Waals surface area contributed by atoms with Gasteiger partial charge in [0, 0.05) is 24.8 Å². The molecule has 0 aromatic heterocycles. The molecule has 1 saturated heterocycles. The van der Waals surface area contributed by atoms with Gasteiger partial charge >= 0.3 is 6.18 Å². The van der Waals surface area contributed by atoms with Crippen LogP contribution in [0.4, 0.5) is 18.9 Å². The van der Waals surface area contributed by atoms with Crippen LogP contribution in [0.3, 0.4) is 0 Å². The second-order valence-electron chi connectivity index (χ2n) is 4.66. The molecule has 19 heavy (non-hydrogen) atoms. The van der Waals surface area contributed by atoms with Crippen LogP contribution >= 0.6 is 0 Å². The minimum Gasteiger partial charge on any atom is -0.377 e. The van der Waals surface area contributed by atoms with E-state index in [4.69, 9.17) is 10.5 Å². The van der Waals surface area contributed by atoms with Gasteiger partial charge in [-0.05, 0) is 30.7 Å². The Hall–Kier alpha value is -1.27. The van der Waals surface area contributed by atoms with Gasteiger partial charge in [-0.1, -0.05) is 0 Å². The number of nitrogens with zero attached hydrogens (tertiary/aromatic N) is 1. The SMILES string of the molecule is CC1COCCN1c1ccc(C(F)(F)F)cc1CN. The molecule has 0 saturated carbocycles. The lowest BCUT2D eigenvalue weighted by molar-refractivity contribution is -0.137. The molecule has 0 aliphatic carbocycles. The van der Waals surface area contributed by atoms with Gasteiger partial charge in [0.25, 0.3) is 0 Å². The number of hydrogen-bond donors (Lipinski definition) is 1. The van der Waals surface area contributed by atoms with Crippen molar-refractivity contribution in [1.82, 2.24) is 0 Å². The fraction of sp³-hybridized carbons (Fsp3) is 0.538. The average Bonchev–Trinajstić information content (AvgIpc) is 2.37. The van der Waals surface area contributed by atoms with Gasteiger partial charge in [0.1, 0.15) is 0 Å². The third-order valence-electron chi connectivity index (χ3n) is 3.30. The topological polar surface area (TPSA) is 38.5 Å². The monoisotopic (exact) mass is 274 g/mol. The van der Waals surface area contributed by atoms with E-state index in [1.54, 1.807) is 0 Å². The van der Waals surface area contributed by atoms with E-state index in [1.807, 2.05) is 11.8 Å². The maximum Gasteiger partial charge on any atom is 0.416 e. The summed E-state index contributed by atoms with van der Waals surface area (Å²) in [6.45, 7) is 3.89. The number of halogens is 3. The van der Waals surface area contributed by atoms with Crippen LogP contribution in [0.1, 0.15) is 18.1 Å². The molecule has 2 N–H and O–H groups in total. The van der Waals surface area contributed by atoms with Gasteiger partial charge in [0.2, 0.25) is 0 Å². The summed E-state index contributed by atoms with van der Waals surface area (Å²) in [6, 6.07) is 3.89. The molecular formula is C13H17F3N2O. The fourth-order valence-corrected chi connectivity index (χ4v) is 2.29. The number of morpholine rings is 1. The van der Waals surface area contributed by atoms with Crippen molar-refractivity contribution in [2.45, 2.75) is 25.7 Å². The maximum absolute atomic E-state index is 12.7. The van der Waals surface area contributed by atoms with Crippen molar-refractivity contribution < 1.29 is 17.9 Å². The Morgan fingerprint density at radius 2 is 2.16 bits per heavy atom. The largest absolute Gasteiger partial charge is 0.416 e. The van der Waals surface area contributed by atoms with Crippen LogP contribution in [-0.4, -0.2) is 25.8 Å². The van der Waals surface area contributed by atoms with Gasteiger partial charge in [-0.2, -0.15) is 13.2 Å². The Morgan fingerprint density at radius 3 is 2.74 bits per heavy atom. The van der Waals surface area contributed by atoms with Crippen molar-refractivity contribution in [1.29, 1.82) is 0 Å². The molecule has 1 unspecified atom stereocenters. The first kappa shape index (κ1) is 14.1. The van der Waals surface area contributed by atoms with Crippen molar-refractivity contribution in [3.8, 4) is 0 Å². The second kappa shape index (κ2) is 5.38. The Labute approximate surface area is 110 Å². The minimum absolute atomic E-state index is 0.0866. The lowest BCUT2D eigenvalue weighted by Gasteiger charge is -2.36. The predicted octanol–water partition coefficient (Wildman–Crippen LogP) is 2.39. The normalized spacial score (nSPS) is 20.7. The van der Waals surface area contributed by atoms with E-state index in [-0.39, 0.29) is 12.6 Å². The van der Waals surface area contributed by atoms with Crippen LogP contribution in [0.5, 0.6) is 0 Å². The van der Waals surface area contributed by atoms with Crippen LogP contribution in [-0.2, 0) is 17.5 Å². The van der Waals surface area contributed by atoms with Gasteiger partial charge in [-0.25, -0.2) is 0 Å². The van der Waals surface area contributed by atoms with Crippen molar-refractivity contribution in [3.63, 3.8) is 0 Å². The third-order valence-corrected chi connectivity index (χ3v) is 3.30. The number of alkyl halides is 3. The van der Waals surface area contributed by atoms with Crippen LogP contribution in [0.2, 0.25) is 0 Å². The smallest absolute Gasteiger partial charge is 0.377 e. The van der Waals surface area contributed by atoms with Gasteiger partial charge in [0.05, 0.1) is 18.8 Å². The predicted molar refractivity (Wildman–Crippen MR) is 67.0 cm³/mol. The first-order chi connectivity index (χ1) is 8.93. The van der Waals surface area contributed by atoms with E-state index < -0.39 is 11.7 Å². The zero-order valence-electron chi connectivity index (χ0n) is 10.7. The Bertz CT molecular complexity index is 448. The van der Waals surface area contributed by atoms with Gasteiger partial charge < -0.3 is 15.4 Å². The summed E-state index contributed by atoms with van der Waals surface area (Å²) >= 11 is 0. The lowest BCUT2D eigenvalue weighted by Crippen LogP contribution is -2.44. The second-order valence-corrected chi connectivity index (χ2v) is 4.66. The highest BCUT2D eigenvalue weighted by molar-refractivity contribution is 5.56. The zero-order valence-corrected chi connectivity index (χ0v) is 10.7. The van der Waals surface area contributed by atoms with E-state index in [9.17, 15) is 13.2 Å². The van der Waals surface area contributed by atoms with Crippen molar-refractivity contribution >= 4 is 5.69 Å². The summed E-state index contributed by atoms with van der Waals surface area (Å²) < 4.78 is 43.4. The molecule has 1 aromatic carbocycles. The Kier molecular flexibility index (Phi) is 4.01. The molecule has 0 bridgehead atoms. The molecule has 1 aliphatic rings. The van der Waals surface area contributed by atoms with Crippen LogP contribution < -0.4 is 10.6 Å². The van der Waals surface area contributed by atoms with Crippen LogP contribution in [0.15, 0.2) is 18.2 Å². The summed E-state index contributed by atoms with van der Waals surface area (Å²) in [4.78, 5) is 2.05. The molecule has 2 rings (SSSR count). The molecule has 3 nitrogen and oxygen atoms in total. The summed E-state index contributed by atoms with van der Waals surface area (Å²) in [5.41, 5.74) is 6.22. The standard InChI is InChI=1S/C13H17F3N2O/c1-9-8-19-5-4-18(9)12-3-2-11(13(14,15)16)6-10(12)7-17/h2-3,6,9H,4-5,7-8,17H2,1H3. The van der Waals surface area contributed by atoms with Gasteiger partial charge in [0.15, 0.2) is 0 Å². The summed E-state index contributed by atoms with van der Waals surface area (Å²) in [5.74, 6) is 0. The fourth-order valence-electron chi connectivity index (χ4n) is 2.29. The van der Waals surface area contributed by atoms with E-state index in [1.165, 1.54) is 6.07 Å². The number of ether oxygens (including phenoxy) is 1. The molecule has 0 amide bonds. The highest BCUT2D eigenvalue weighted by atomic mass is 19.4. The molecular weight excluding hydrogens is 257 g/mol. The molecule has 1 fully saturated rings. The van der Waals surface area contributed by atoms with Gasteiger partial charge in [-0.15, -0.1) is 0 Å². The number of hydrogen-bond acceptors (Lipinski definition) is 3. The molecule has 6 heteroatoms. The maximum atomic E-state index is 12.7. The number of nitrogens with two attached hydrogens (primary N) is 1. The number of rotatable bonds is 2. The first-order valence-corrected chi connectivity index (χ1v) is 6.18. The first-order valence-electron chi connectivity index (χ1n) is 6.18. The molecule has 0 spiro atoms. The lowest BCUT2D eigenvalue weighted by atomic mass is 10.1. The van der Waals surface area contributed by atoms with E-state index >= 15 is 0 Å². The van der Waals surface area contributed by atoms with Crippen LogP contribution in [0, 0.1) is 0 Å². The quantitative estimate of drug-likeness (QED) is 0.900. The summed E-state index contributed by atoms with van der Waals surface area (Å²) in [7, 11) is 0. The number of benzene rings is 1. The highest BCUT2D eigenvalue weighted by Gasteiger charge is 2.31. The van der Waals surface area contributed by atoms with E-state index in [0.717, 1.165) is 17.8 Å². The summed E-state index contributed by atoms with van der Waals surface area (Å²) in [6.07, 6.45) is -4.33. The van der Waals surface area contributed by atoms with E-state index in [0.29, 0.717) is 25.3 Å². The molecule has 0 radical (unpaired) electrons. The molecule has 1 atom stereocenters. The van der Waals surface area contributed by atoms with Crippen molar-refractivity contribution in [2.75, 3.05) is 24.7 Å². The molecule has 1 aromatic rings. The van der Waals surface area contributed by atoms with Crippen LogP contribution in [0.25, 0.3) is 0 Å². The highest BCUT2D eigenvalue weighted by Crippen LogP contribution is 2.33. The zero-order chi connectivity index (χ0) is 14.0. The molecule has 106 valence electrons. The average molecular weight is 274 g/mol. The van der Waals surface area contributed by atoms with Gasteiger partial charge in [-0.3, -0.25) is 0 Å². The third kappa shape index (κ3) is 3.01. The minimum atomic E-state index is -4.33.